The van der Waals surface area contributed by atoms with Crippen LogP contribution in [-0.4, -0.2) is 34.1 Å². The van der Waals surface area contributed by atoms with Gasteiger partial charge in [-0.1, -0.05) is 29.8 Å². The number of nitrogens with one attached hydrogen (secondary N) is 2. The van der Waals surface area contributed by atoms with Crippen molar-refractivity contribution in [3.05, 3.63) is 59.9 Å². The van der Waals surface area contributed by atoms with Gasteiger partial charge in [0.15, 0.2) is 0 Å². The second-order valence-corrected chi connectivity index (χ2v) is 7.24. The molecule has 1 aromatic heterocycles. The highest BCUT2D eigenvalue weighted by atomic mass is 16.5. The summed E-state index contributed by atoms with van der Waals surface area (Å²) in [4.78, 5) is 29.5. The number of para-hydroxylation sites is 2. The quantitative estimate of drug-likeness (QED) is 0.676. The number of hydrogen-bond donors (Lipinski definition) is 2. The van der Waals surface area contributed by atoms with Crippen LogP contribution in [0, 0.1) is 6.92 Å². The number of carbonyl (C=O) groups is 2. The molecule has 1 atom stereocenters. The van der Waals surface area contributed by atoms with E-state index in [1.165, 1.54) is 0 Å². The number of anilines is 1. The van der Waals surface area contributed by atoms with Gasteiger partial charge < -0.3 is 19.9 Å². The van der Waals surface area contributed by atoms with Crippen molar-refractivity contribution in [2.75, 3.05) is 11.9 Å². The van der Waals surface area contributed by atoms with Crippen molar-refractivity contribution in [2.24, 2.45) is 0 Å². The predicted molar refractivity (Wildman–Crippen MR) is 110 cm³/mol. The van der Waals surface area contributed by atoms with Gasteiger partial charge in [0, 0.05) is 12.3 Å². The summed E-state index contributed by atoms with van der Waals surface area (Å²) < 4.78 is 7.27. The lowest BCUT2D eigenvalue weighted by atomic mass is 10.2. The van der Waals surface area contributed by atoms with Crippen LogP contribution in [0.2, 0.25) is 0 Å². The number of carbonyl (C=O) groups excluding carboxylic acids is 2. The molecule has 3 aromatic rings. The van der Waals surface area contributed by atoms with E-state index in [9.17, 15) is 9.59 Å². The first kappa shape index (κ1) is 19.1. The van der Waals surface area contributed by atoms with E-state index < -0.39 is 6.10 Å². The van der Waals surface area contributed by atoms with Crippen molar-refractivity contribution in [1.29, 1.82) is 0 Å². The Morgan fingerprint density at radius 1 is 1.17 bits per heavy atom. The van der Waals surface area contributed by atoms with Crippen molar-refractivity contribution in [2.45, 2.75) is 39.0 Å². The predicted octanol–water partition coefficient (Wildman–Crippen LogP) is 2.78. The Morgan fingerprint density at radius 3 is 2.72 bits per heavy atom. The topological polar surface area (TPSA) is 85.2 Å². The van der Waals surface area contributed by atoms with Gasteiger partial charge in [0.25, 0.3) is 0 Å². The standard InChI is InChI=1S/C22H24N4O3/c1-15-8-10-16(11-9-15)24-21(27)14-26-18-6-3-2-5-17(18)25-20(26)13-23-22(28)19-7-4-12-29-19/h2-3,5-6,8-11,19H,4,7,12-14H2,1H3,(H,23,28)(H,24,27). The van der Waals surface area contributed by atoms with Gasteiger partial charge in [-0.25, -0.2) is 4.98 Å². The van der Waals surface area contributed by atoms with Crippen molar-refractivity contribution < 1.29 is 14.3 Å². The number of aryl methyl sites for hydroxylation is 1. The first-order valence-corrected chi connectivity index (χ1v) is 9.80. The van der Waals surface area contributed by atoms with E-state index in [1.807, 2.05) is 60.0 Å². The molecule has 7 heteroatoms. The van der Waals surface area contributed by atoms with E-state index in [0.29, 0.717) is 12.4 Å². The maximum Gasteiger partial charge on any atom is 0.249 e. The molecule has 0 radical (unpaired) electrons. The molecule has 150 valence electrons. The van der Waals surface area contributed by atoms with Gasteiger partial charge in [-0.05, 0) is 44.0 Å². The molecule has 0 saturated carbocycles. The van der Waals surface area contributed by atoms with Crippen LogP contribution in [-0.2, 0) is 27.4 Å². The molecule has 2 heterocycles. The van der Waals surface area contributed by atoms with E-state index in [2.05, 4.69) is 15.6 Å². The third-order valence-corrected chi connectivity index (χ3v) is 5.01. The molecule has 29 heavy (non-hydrogen) atoms. The second-order valence-electron chi connectivity index (χ2n) is 7.24. The monoisotopic (exact) mass is 392 g/mol. The average Bonchev–Trinajstić information content (AvgIpc) is 3.37. The molecule has 1 fully saturated rings. The van der Waals surface area contributed by atoms with Crippen molar-refractivity contribution in [3.63, 3.8) is 0 Å². The van der Waals surface area contributed by atoms with Crippen LogP contribution in [0.1, 0.15) is 24.2 Å². The van der Waals surface area contributed by atoms with Crippen LogP contribution in [0.15, 0.2) is 48.5 Å². The molecule has 0 bridgehead atoms. The molecule has 1 aliphatic rings. The number of ether oxygens (including phenoxy) is 1. The van der Waals surface area contributed by atoms with E-state index in [0.717, 1.165) is 35.1 Å². The van der Waals surface area contributed by atoms with Crippen LogP contribution in [0.4, 0.5) is 5.69 Å². The molecule has 0 aliphatic carbocycles. The molecule has 1 unspecified atom stereocenters. The lowest BCUT2D eigenvalue weighted by Gasteiger charge is -2.13. The number of benzene rings is 2. The number of hydrogen-bond acceptors (Lipinski definition) is 4. The van der Waals surface area contributed by atoms with Gasteiger partial charge >= 0.3 is 0 Å². The van der Waals surface area contributed by atoms with E-state index >= 15 is 0 Å². The van der Waals surface area contributed by atoms with Crippen molar-refractivity contribution in [1.82, 2.24) is 14.9 Å². The number of nitrogens with zero attached hydrogens (tertiary/aromatic N) is 2. The minimum Gasteiger partial charge on any atom is -0.368 e. The van der Waals surface area contributed by atoms with E-state index in [4.69, 9.17) is 4.74 Å². The Hall–Kier alpha value is -3.19. The van der Waals surface area contributed by atoms with Crippen LogP contribution in [0.5, 0.6) is 0 Å². The summed E-state index contributed by atoms with van der Waals surface area (Å²) in [6.07, 6.45) is 1.24. The minimum absolute atomic E-state index is 0.111. The Kier molecular flexibility index (Phi) is 5.57. The van der Waals surface area contributed by atoms with Gasteiger partial charge in [-0.3, -0.25) is 9.59 Å². The minimum atomic E-state index is -0.391. The molecular weight excluding hydrogens is 368 g/mol. The van der Waals surface area contributed by atoms with Crippen molar-refractivity contribution >= 4 is 28.5 Å². The average molecular weight is 392 g/mol. The molecule has 7 nitrogen and oxygen atoms in total. The highest BCUT2D eigenvalue weighted by Gasteiger charge is 2.24. The van der Waals surface area contributed by atoms with E-state index in [-0.39, 0.29) is 24.9 Å². The number of imidazole rings is 1. The number of fused-ring (bicyclic) bond motifs is 1. The molecule has 1 aliphatic heterocycles. The third-order valence-electron chi connectivity index (χ3n) is 5.01. The Bertz CT molecular complexity index is 1020. The summed E-state index contributed by atoms with van der Waals surface area (Å²) in [6, 6.07) is 15.3. The largest absolute Gasteiger partial charge is 0.368 e. The smallest absolute Gasteiger partial charge is 0.249 e. The van der Waals surface area contributed by atoms with Gasteiger partial charge in [0.05, 0.1) is 17.6 Å². The lowest BCUT2D eigenvalue weighted by Crippen LogP contribution is -2.34. The molecule has 2 amide bonds. The maximum absolute atomic E-state index is 12.6. The summed E-state index contributed by atoms with van der Waals surface area (Å²) >= 11 is 0. The van der Waals surface area contributed by atoms with Gasteiger partial charge in [-0.15, -0.1) is 0 Å². The third kappa shape index (κ3) is 4.46. The normalized spacial score (nSPS) is 16.1. The molecule has 0 spiro atoms. The highest BCUT2D eigenvalue weighted by molar-refractivity contribution is 5.91. The summed E-state index contributed by atoms with van der Waals surface area (Å²) in [5, 5.41) is 5.81. The fourth-order valence-electron chi connectivity index (χ4n) is 3.48. The molecule has 4 rings (SSSR count). The summed E-state index contributed by atoms with van der Waals surface area (Å²) in [6.45, 7) is 2.97. The summed E-state index contributed by atoms with van der Waals surface area (Å²) in [5.41, 5.74) is 3.52. The van der Waals surface area contributed by atoms with Gasteiger partial charge in [-0.2, -0.15) is 0 Å². The fraction of sp³-hybridized carbons (Fsp3) is 0.318. The van der Waals surface area contributed by atoms with Crippen LogP contribution >= 0.6 is 0 Å². The molecular formula is C22H24N4O3. The van der Waals surface area contributed by atoms with E-state index in [1.54, 1.807) is 0 Å². The number of amides is 2. The zero-order valence-corrected chi connectivity index (χ0v) is 16.4. The first-order valence-electron chi connectivity index (χ1n) is 9.80. The highest BCUT2D eigenvalue weighted by Crippen LogP contribution is 2.17. The molecule has 1 saturated heterocycles. The van der Waals surface area contributed by atoms with Crippen LogP contribution in [0.25, 0.3) is 11.0 Å². The molecule has 2 aromatic carbocycles. The second kappa shape index (κ2) is 8.45. The maximum atomic E-state index is 12.6. The van der Waals surface area contributed by atoms with Crippen LogP contribution in [0.3, 0.4) is 0 Å². The summed E-state index contributed by atoms with van der Waals surface area (Å²) in [5.74, 6) is 0.352. The zero-order valence-electron chi connectivity index (χ0n) is 16.4. The van der Waals surface area contributed by atoms with Crippen molar-refractivity contribution in [3.8, 4) is 0 Å². The fourth-order valence-corrected chi connectivity index (χ4v) is 3.48. The lowest BCUT2D eigenvalue weighted by molar-refractivity contribution is -0.130. The Balaban J connectivity index is 1.50. The van der Waals surface area contributed by atoms with Gasteiger partial charge in [0.2, 0.25) is 11.8 Å². The Morgan fingerprint density at radius 2 is 1.97 bits per heavy atom. The molecule has 2 N–H and O–H groups in total. The first-order chi connectivity index (χ1) is 14.1. The summed E-state index contributed by atoms with van der Waals surface area (Å²) in [7, 11) is 0. The zero-order chi connectivity index (χ0) is 20.2. The Labute approximate surface area is 169 Å². The van der Waals surface area contributed by atoms with Crippen LogP contribution < -0.4 is 10.6 Å². The number of aromatic nitrogens is 2. The van der Waals surface area contributed by atoms with Gasteiger partial charge in [0.1, 0.15) is 18.5 Å². The number of rotatable bonds is 6. The SMILES string of the molecule is Cc1ccc(NC(=O)Cn2c(CNC(=O)C3CCCO3)nc3ccccc32)cc1.